The molecule has 6 heteroatoms. The van der Waals surface area contributed by atoms with Crippen molar-refractivity contribution in [2.75, 3.05) is 6.54 Å². The molecule has 4 rings (SSSR count). The SMILES string of the molecule is CC[C@H](CC#N)NCc1ccc2cc(Oc3ccc(C4=CC=NC4)cn3)ccc2n1. The third-order valence-electron chi connectivity index (χ3n) is 5.09. The van der Waals surface area contributed by atoms with E-state index in [9.17, 15) is 0 Å². The first-order chi connectivity index (χ1) is 14.7. The molecule has 1 N–H and O–H groups in total. The normalized spacial score (nSPS) is 13.8. The number of benzene rings is 1. The smallest absolute Gasteiger partial charge is 0.219 e. The largest absolute Gasteiger partial charge is 0.439 e. The summed E-state index contributed by atoms with van der Waals surface area (Å²) in [5.41, 5.74) is 4.08. The Labute approximate surface area is 176 Å². The first-order valence-corrected chi connectivity index (χ1v) is 10.1. The van der Waals surface area contributed by atoms with Crippen LogP contribution in [-0.4, -0.2) is 28.8 Å². The van der Waals surface area contributed by atoms with Gasteiger partial charge in [-0.3, -0.25) is 9.98 Å². The maximum atomic E-state index is 8.87. The van der Waals surface area contributed by atoms with E-state index in [0.717, 1.165) is 39.9 Å². The molecule has 0 spiro atoms. The molecule has 3 heterocycles. The standard InChI is InChI=1S/C24H23N5O/c1-2-20(9-11-25)27-16-21-5-3-17-13-22(6-7-23(17)29-21)30-24-8-4-18(15-28-24)19-10-12-26-14-19/h3-8,10,12-13,15,20,27H,2,9,14,16H2,1H3/t20-/m1/s1. The number of hydrogen-bond acceptors (Lipinski definition) is 6. The summed E-state index contributed by atoms with van der Waals surface area (Å²) in [4.78, 5) is 13.3. The van der Waals surface area contributed by atoms with Gasteiger partial charge in [-0.05, 0) is 54.0 Å². The molecular formula is C24H23N5O. The number of aromatic nitrogens is 2. The Morgan fingerprint density at radius 3 is 2.87 bits per heavy atom. The van der Waals surface area contributed by atoms with Crippen molar-refractivity contribution in [3.8, 4) is 17.7 Å². The van der Waals surface area contributed by atoms with Gasteiger partial charge in [0.05, 0.1) is 30.2 Å². The maximum Gasteiger partial charge on any atom is 0.219 e. The van der Waals surface area contributed by atoms with Gasteiger partial charge < -0.3 is 10.1 Å². The molecule has 1 aromatic carbocycles. The number of fused-ring (bicyclic) bond motifs is 1. The third-order valence-corrected chi connectivity index (χ3v) is 5.09. The van der Waals surface area contributed by atoms with Crippen molar-refractivity contribution in [3.05, 3.63) is 66.0 Å². The van der Waals surface area contributed by atoms with E-state index in [1.807, 2.05) is 61.0 Å². The second-order valence-electron chi connectivity index (χ2n) is 7.17. The number of pyridine rings is 2. The lowest BCUT2D eigenvalue weighted by Gasteiger charge is -2.13. The van der Waals surface area contributed by atoms with Gasteiger partial charge in [-0.15, -0.1) is 0 Å². The topological polar surface area (TPSA) is 83.2 Å². The first-order valence-electron chi connectivity index (χ1n) is 10.1. The first kappa shape index (κ1) is 19.7. The number of rotatable bonds is 8. The molecule has 0 saturated heterocycles. The summed E-state index contributed by atoms with van der Waals surface area (Å²) in [5, 5.41) is 13.3. The zero-order valence-electron chi connectivity index (χ0n) is 16.9. The molecule has 150 valence electrons. The average molecular weight is 397 g/mol. The van der Waals surface area contributed by atoms with Gasteiger partial charge in [0.15, 0.2) is 0 Å². The van der Waals surface area contributed by atoms with Gasteiger partial charge in [0, 0.05) is 36.5 Å². The molecule has 1 atom stereocenters. The second kappa shape index (κ2) is 9.29. The van der Waals surface area contributed by atoms with Gasteiger partial charge in [-0.1, -0.05) is 13.0 Å². The van der Waals surface area contributed by atoms with Crippen LogP contribution in [0.1, 0.15) is 31.0 Å². The molecule has 0 radical (unpaired) electrons. The molecule has 1 aliphatic rings. The summed E-state index contributed by atoms with van der Waals surface area (Å²) in [6.07, 6.45) is 7.06. The third kappa shape index (κ3) is 4.70. The van der Waals surface area contributed by atoms with Crippen LogP contribution in [0.3, 0.4) is 0 Å². The lowest BCUT2D eigenvalue weighted by atomic mass is 10.1. The quantitative estimate of drug-likeness (QED) is 0.597. The van der Waals surface area contributed by atoms with E-state index < -0.39 is 0 Å². The maximum absolute atomic E-state index is 8.87. The molecule has 3 aromatic rings. The Morgan fingerprint density at radius 2 is 2.13 bits per heavy atom. The number of nitrogens with one attached hydrogen (secondary N) is 1. The minimum atomic E-state index is 0.194. The Morgan fingerprint density at radius 1 is 1.20 bits per heavy atom. The molecule has 1 aliphatic heterocycles. The van der Waals surface area contributed by atoms with Gasteiger partial charge >= 0.3 is 0 Å². The van der Waals surface area contributed by atoms with E-state index in [-0.39, 0.29) is 6.04 Å². The fourth-order valence-electron chi connectivity index (χ4n) is 3.31. The molecule has 0 unspecified atom stereocenters. The Bertz CT molecular complexity index is 1130. The summed E-state index contributed by atoms with van der Waals surface area (Å²) < 4.78 is 5.92. The molecule has 2 aromatic heterocycles. The highest BCUT2D eigenvalue weighted by Gasteiger charge is 2.08. The van der Waals surface area contributed by atoms with Crippen LogP contribution in [0.2, 0.25) is 0 Å². The van der Waals surface area contributed by atoms with Crippen molar-refractivity contribution < 1.29 is 4.74 Å². The van der Waals surface area contributed by atoms with Crippen molar-refractivity contribution in [2.45, 2.75) is 32.4 Å². The van der Waals surface area contributed by atoms with Crippen LogP contribution in [0.4, 0.5) is 0 Å². The fourth-order valence-corrected chi connectivity index (χ4v) is 3.31. The van der Waals surface area contributed by atoms with Crippen molar-refractivity contribution in [1.82, 2.24) is 15.3 Å². The fraction of sp³-hybridized carbons (Fsp3) is 0.250. The van der Waals surface area contributed by atoms with Crippen LogP contribution in [0, 0.1) is 11.3 Å². The molecule has 0 fully saturated rings. The second-order valence-corrected chi connectivity index (χ2v) is 7.17. The summed E-state index contributed by atoms with van der Waals surface area (Å²) in [7, 11) is 0. The van der Waals surface area contributed by atoms with Crippen LogP contribution in [-0.2, 0) is 6.54 Å². The van der Waals surface area contributed by atoms with E-state index >= 15 is 0 Å². The van der Waals surface area contributed by atoms with Crippen LogP contribution in [0.5, 0.6) is 11.6 Å². The minimum absolute atomic E-state index is 0.194. The predicted octanol–water partition coefficient (Wildman–Crippen LogP) is 4.67. The van der Waals surface area contributed by atoms with E-state index in [4.69, 9.17) is 15.0 Å². The lowest BCUT2D eigenvalue weighted by molar-refractivity contribution is 0.463. The summed E-state index contributed by atoms with van der Waals surface area (Å²) in [5.74, 6) is 1.27. The highest BCUT2D eigenvalue weighted by molar-refractivity contribution is 5.89. The predicted molar refractivity (Wildman–Crippen MR) is 119 cm³/mol. The molecule has 0 bridgehead atoms. The highest BCUT2D eigenvalue weighted by atomic mass is 16.5. The molecule has 30 heavy (non-hydrogen) atoms. The van der Waals surface area contributed by atoms with Crippen molar-refractivity contribution >= 4 is 22.7 Å². The van der Waals surface area contributed by atoms with Crippen molar-refractivity contribution in [2.24, 2.45) is 4.99 Å². The van der Waals surface area contributed by atoms with Crippen LogP contribution < -0.4 is 10.1 Å². The highest BCUT2D eigenvalue weighted by Crippen LogP contribution is 2.25. The van der Waals surface area contributed by atoms with Gasteiger partial charge in [-0.25, -0.2) is 4.98 Å². The number of nitriles is 1. The number of allylic oxidation sites excluding steroid dienone is 1. The monoisotopic (exact) mass is 397 g/mol. The van der Waals surface area contributed by atoms with Gasteiger partial charge in [0.2, 0.25) is 5.88 Å². The summed E-state index contributed by atoms with van der Waals surface area (Å²) >= 11 is 0. The van der Waals surface area contributed by atoms with Crippen LogP contribution in [0.15, 0.2) is 59.7 Å². The van der Waals surface area contributed by atoms with Crippen LogP contribution >= 0.6 is 0 Å². The van der Waals surface area contributed by atoms with E-state index in [0.29, 0.717) is 25.4 Å². The summed E-state index contributed by atoms with van der Waals surface area (Å²) in [6.45, 7) is 3.42. The zero-order chi connectivity index (χ0) is 20.8. The lowest BCUT2D eigenvalue weighted by Crippen LogP contribution is -2.27. The number of hydrogen-bond donors (Lipinski definition) is 1. The van der Waals surface area contributed by atoms with E-state index in [1.165, 1.54) is 0 Å². The average Bonchev–Trinajstić information content (AvgIpc) is 3.32. The molecular weight excluding hydrogens is 374 g/mol. The van der Waals surface area contributed by atoms with Gasteiger partial charge in [-0.2, -0.15) is 5.26 Å². The summed E-state index contributed by atoms with van der Waals surface area (Å²) in [6, 6.07) is 16.2. The van der Waals surface area contributed by atoms with E-state index in [1.54, 1.807) is 0 Å². The van der Waals surface area contributed by atoms with Gasteiger partial charge in [0.1, 0.15) is 5.75 Å². The molecule has 0 saturated carbocycles. The Hall–Kier alpha value is -3.56. The number of aliphatic imine (C=N–C) groups is 1. The van der Waals surface area contributed by atoms with E-state index in [2.05, 4.69) is 28.3 Å². The minimum Gasteiger partial charge on any atom is -0.439 e. The Kier molecular flexibility index (Phi) is 6.11. The number of nitrogens with zero attached hydrogens (tertiary/aromatic N) is 4. The van der Waals surface area contributed by atoms with Crippen molar-refractivity contribution in [1.29, 1.82) is 5.26 Å². The van der Waals surface area contributed by atoms with Crippen LogP contribution in [0.25, 0.3) is 16.5 Å². The molecule has 0 aliphatic carbocycles. The number of ether oxygens (including phenoxy) is 1. The molecule has 0 amide bonds. The zero-order valence-corrected chi connectivity index (χ0v) is 16.9. The molecule has 6 nitrogen and oxygen atoms in total. The van der Waals surface area contributed by atoms with Gasteiger partial charge in [0.25, 0.3) is 0 Å². The van der Waals surface area contributed by atoms with Crippen molar-refractivity contribution in [3.63, 3.8) is 0 Å². The Balaban J connectivity index is 1.42.